The number of rotatable bonds is 3. The molecular weight excluding hydrogens is 318 g/mol. The van der Waals surface area contributed by atoms with Crippen molar-refractivity contribution in [1.82, 2.24) is 4.90 Å². The number of nitrogens with one attached hydrogen (secondary N) is 1. The molecule has 3 nitrogen and oxygen atoms in total. The van der Waals surface area contributed by atoms with Crippen LogP contribution in [-0.4, -0.2) is 25.5 Å². The van der Waals surface area contributed by atoms with E-state index in [0.29, 0.717) is 11.8 Å². The molecule has 2 unspecified atom stereocenters. The Morgan fingerprint density at radius 1 is 1.29 bits per heavy atom. The molecule has 4 heteroatoms. The second-order valence-electron chi connectivity index (χ2n) is 7.60. The number of nitrogen functional groups attached to an aromatic ring is 1. The highest BCUT2D eigenvalue weighted by Gasteiger charge is 2.36. The molecule has 1 heterocycles. The maximum Gasteiger partial charge on any atom is 0.214 e. The van der Waals surface area contributed by atoms with Crippen LogP contribution < -0.4 is 10.7 Å². The quantitative estimate of drug-likeness (QED) is 0.862. The number of nitrogens with two attached hydrogens (primary N) is 1. The number of halogens is 1. The SMILES string of the molecule is CN(C)CCC1=CC2Cc3[nH+]c4cc(Cl)ccc4c(N)c3C(C1)C2. The number of aromatic amines is 1. The molecule has 3 N–H and O–H groups in total. The number of aromatic nitrogens is 1. The molecule has 2 aliphatic carbocycles. The topological polar surface area (TPSA) is 43.4 Å². The molecule has 0 fully saturated rings. The Balaban J connectivity index is 1.72. The number of fused-ring (bicyclic) bond motifs is 5. The Bertz CT molecular complexity index is 825. The van der Waals surface area contributed by atoms with E-state index in [1.807, 2.05) is 18.2 Å². The Morgan fingerprint density at radius 3 is 2.92 bits per heavy atom. The van der Waals surface area contributed by atoms with Gasteiger partial charge in [-0.25, -0.2) is 4.98 Å². The second-order valence-corrected chi connectivity index (χ2v) is 8.04. The van der Waals surface area contributed by atoms with Crippen LogP contribution in [0.4, 0.5) is 5.69 Å². The van der Waals surface area contributed by atoms with Crippen molar-refractivity contribution >= 4 is 28.2 Å². The minimum atomic E-state index is 0.553. The summed E-state index contributed by atoms with van der Waals surface area (Å²) >= 11 is 6.16. The minimum absolute atomic E-state index is 0.553. The van der Waals surface area contributed by atoms with Gasteiger partial charge in [0.1, 0.15) is 0 Å². The molecule has 24 heavy (non-hydrogen) atoms. The van der Waals surface area contributed by atoms with E-state index in [-0.39, 0.29) is 0 Å². The molecule has 2 aromatic rings. The maximum atomic E-state index is 6.60. The molecule has 1 aromatic heterocycles. The first kappa shape index (κ1) is 15.9. The Labute approximate surface area is 148 Å². The minimum Gasteiger partial charge on any atom is -0.398 e. The van der Waals surface area contributed by atoms with Crippen LogP contribution in [0.25, 0.3) is 10.9 Å². The summed E-state index contributed by atoms with van der Waals surface area (Å²) in [5, 5.41) is 1.85. The second kappa shape index (κ2) is 6.05. The summed E-state index contributed by atoms with van der Waals surface area (Å²) in [6, 6.07) is 5.95. The van der Waals surface area contributed by atoms with E-state index >= 15 is 0 Å². The van der Waals surface area contributed by atoms with Crippen LogP contribution in [0.15, 0.2) is 29.8 Å². The van der Waals surface area contributed by atoms with Gasteiger partial charge in [0.25, 0.3) is 0 Å². The van der Waals surface area contributed by atoms with E-state index in [1.165, 1.54) is 24.1 Å². The predicted molar refractivity (Wildman–Crippen MR) is 100 cm³/mol. The molecule has 2 atom stereocenters. The Hall–Kier alpha value is -1.58. The van der Waals surface area contributed by atoms with Gasteiger partial charge in [0, 0.05) is 29.6 Å². The van der Waals surface area contributed by atoms with Crippen molar-refractivity contribution in [3.8, 4) is 0 Å². The zero-order chi connectivity index (χ0) is 16.8. The number of benzene rings is 1. The van der Waals surface area contributed by atoms with E-state index in [9.17, 15) is 0 Å². The van der Waals surface area contributed by atoms with Gasteiger partial charge in [-0.2, -0.15) is 0 Å². The third-order valence-electron chi connectivity index (χ3n) is 5.49. The Kier molecular flexibility index (Phi) is 4.01. The number of hydrogen-bond acceptors (Lipinski definition) is 2. The highest BCUT2D eigenvalue weighted by atomic mass is 35.5. The Morgan fingerprint density at radius 2 is 2.12 bits per heavy atom. The summed E-state index contributed by atoms with van der Waals surface area (Å²) in [5.74, 6) is 1.19. The number of hydrogen-bond donors (Lipinski definition) is 1. The molecule has 4 rings (SSSR count). The van der Waals surface area contributed by atoms with Crippen molar-refractivity contribution < 1.29 is 4.98 Å². The lowest BCUT2D eigenvalue weighted by atomic mass is 9.70. The summed E-state index contributed by atoms with van der Waals surface area (Å²) in [6.07, 6.45) is 7.13. The van der Waals surface area contributed by atoms with Crippen molar-refractivity contribution in [1.29, 1.82) is 0 Å². The number of pyridine rings is 1. The van der Waals surface area contributed by atoms with E-state index in [4.69, 9.17) is 17.3 Å². The summed E-state index contributed by atoms with van der Waals surface area (Å²) in [6.45, 7) is 1.12. The van der Waals surface area contributed by atoms with Crippen LogP contribution in [0.5, 0.6) is 0 Å². The fraction of sp³-hybridized carbons (Fsp3) is 0.450. The smallest absolute Gasteiger partial charge is 0.214 e. The van der Waals surface area contributed by atoms with Gasteiger partial charge in [-0.05, 0) is 57.3 Å². The maximum absolute atomic E-state index is 6.60. The van der Waals surface area contributed by atoms with Crippen molar-refractivity contribution in [3.63, 3.8) is 0 Å². The van der Waals surface area contributed by atoms with Crippen LogP contribution in [0.1, 0.15) is 36.4 Å². The van der Waals surface area contributed by atoms with Gasteiger partial charge >= 0.3 is 0 Å². The average molecular weight is 343 g/mol. The van der Waals surface area contributed by atoms with Gasteiger partial charge in [-0.1, -0.05) is 23.3 Å². The molecule has 0 amide bonds. The third kappa shape index (κ3) is 2.80. The molecule has 0 spiro atoms. The fourth-order valence-corrected chi connectivity index (χ4v) is 4.60. The van der Waals surface area contributed by atoms with E-state index in [1.54, 1.807) is 5.57 Å². The zero-order valence-electron chi connectivity index (χ0n) is 14.4. The molecule has 0 aliphatic heterocycles. The number of H-pyrrole nitrogens is 1. The van der Waals surface area contributed by atoms with Crippen LogP contribution in [-0.2, 0) is 6.42 Å². The molecule has 1 aromatic carbocycles. The highest BCUT2D eigenvalue weighted by Crippen LogP contribution is 2.46. The van der Waals surface area contributed by atoms with Crippen molar-refractivity contribution in [2.75, 3.05) is 26.4 Å². The molecule has 0 radical (unpaired) electrons. The fourth-order valence-electron chi connectivity index (χ4n) is 4.43. The normalized spacial score (nSPS) is 22.6. The van der Waals surface area contributed by atoms with E-state index < -0.39 is 0 Å². The molecule has 0 saturated heterocycles. The number of anilines is 1. The summed E-state index contributed by atoms with van der Waals surface area (Å²) in [7, 11) is 4.29. The van der Waals surface area contributed by atoms with Crippen molar-refractivity contribution in [2.45, 2.75) is 31.6 Å². The number of allylic oxidation sites excluding steroid dienone is 1. The standard InChI is InChI=1S/C20H24ClN3/c1-24(2)6-5-12-7-13-9-14(8-12)19-18(10-13)23-17-11-15(21)3-4-16(17)20(19)22/h3-4,7,11,13-14H,5-6,8-10H2,1-2H3,(H2,22,23)/p+1. The molecule has 2 bridgehead atoms. The first-order valence-corrected chi connectivity index (χ1v) is 9.16. The van der Waals surface area contributed by atoms with Gasteiger partial charge < -0.3 is 10.6 Å². The van der Waals surface area contributed by atoms with Gasteiger partial charge in [-0.15, -0.1) is 0 Å². The molecule has 0 saturated carbocycles. The zero-order valence-corrected chi connectivity index (χ0v) is 15.2. The first-order chi connectivity index (χ1) is 11.5. The molecular formula is C20H25ClN3+. The molecule has 2 aliphatic rings. The van der Waals surface area contributed by atoms with Crippen LogP contribution in [0.2, 0.25) is 5.02 Å². The van der Waals surface area contributed by atoms with Gasteiger partial charge in [0.15, 0.2) is 5.69 Å². The highest BCUT2D eigenvalue weighted by molar-refractivity contribution is 6.31. The van der Waals surface area contributed by atoms with Crippen LogP contribution in [0, 0.1) is 5.92 Å². The van der Waals surface area contributed by atoms with Gasteiger partial charge in [0.05, 0.1) is 11.1 Å². The van der Waals surface area contributed by atoms with Gasteiger partial charge in [0.2, 0.25) is 5.52 Å². The number of nitrogens with zero attached hydrogens (tertiary/aromatic N) is 1. The lowest BCUT2D eigenvalue weighted by Gasteiger charge is -2.34. The monoisotopic (exact) mass is 342 g/mol. The first-order valence-electron chi connectivity index (χ1n) is 8.78. The summed E-state index contributed by atoms with van der Waals surface area (Å²) < 4.78 is 0. The largest absolute Gasteiger partial charge is 0.398 e. The third-order valence-corrected chi connectivity index (χ3v) is 5.73. The average Bonchev–Trinajstić information content (AvgIpc) is 2.52. The summed E-state index contributed by atoms with van der Waals surface area (Å²) in [5.41, 5.74) is 12.9. The lowest BCUT2D eigenvalue weighted by molar-refractivity contribution is -0.360. The summed E-state index contributed by atoms with van der Waals surface area (Å²) in [4.78, 5) is 5.88. The van der Waals surface area contributed by atoms with Gasteiger partial charge in [-0.3, -0.25) is 0 Å². The van der Waals surface area contributed by atoms with Crippen molar-refractivity contribution in [2.24, 2.45) is 5.92 Å². The molecule has 126 valence electrons. The van der Waals surface area contributed by atoms with Crippen LogP contribution in [0.3, 0.4) is 0 Å². The van der Waals surface area contributed by atoms with E-state index in [0.717, 1.165) is 41.0 Å². The lowest BCUT2D eigenvalue weighted by Crippen LogP contribution is -2.30. The van der Waals surface area contributed by atoms with E-state index in [2.05, 4.69) is 30.1 Å². The van der Waals surface area contributed by atoms with Crippen molar-refractivity contribution in [3.05, 3.63) is 46.1 Å². The van der Waals surface area contributed by atoms with Crippen LogP contribution >= 0.6 is 11.6 Å². The predicted octanol–water partition coefficient (Wildman–Crippen LogP) is 3.82.